The van der Waals surface area contributed by atoms with E-state index in [2.05, 4.69) is 0 Å². The van der Waals surface area contributed by atoms with Crippen molar-refractivity contribution < 1.29 is 28.2 Å². The number of hydrogen-bond acceptors (Lipinski definition) is 7. The maximum Gasteiger partial charge on any atom is 0.312 e. The molecule has 0 amide bonds. The lowest BCUT2D eigenvalue weighted by molar-refractivity contribution is -0.135. The zero-order valence-electron chi connectivity index (χ0n) is 18.6. The summed E-state index contributed by atoms with van der Waals surface area (Å²) in [5.74, 6) is -0.0708. The number of ether oxygens (including phenoxy) is 3. The van der Waals surface area contributed by atoms with Crippen LogP contribution in [-0.2, 0) is 4.79 Å². The molecule has 0 saturated carbocycles. The number of esters is 1. The van der Waals surface area contributed by atoms with Crippen molar-refractivity contribution in [2.45, 2.75) is 12.3 Å². The first-order valence-electron chi connectivity index (χ1n) is 11.0. The third kappa shape index (κ3) is 3.40. The van der Waals surface area contributed by atoms with E-state index in [0.29, 0.717) is 33.4 Å². The van der Waals surface area contributed by atoms with Crippen molar-refractivity contribution in [3.8, 4) is 17.2 Å². The third-order valence-corrected chi connectivity index (χ3v) is 6.28. The Hall–Kier alpha value is -4.65. The standard InChI is InChI=1S/C28H18O7/c1-32-16-8-6-15(7-9-16)12-23-27(31)18-10-11-22-25(28(18)35-23)19(13-24(29)34-22)20-14-33-21-5-3-2-4-17(21)26(20)30/h2-12,14,19H,13H2,1H3/b23-12-/t19-/m1/s1. The molecule has 0 bridgehead atoms. The number of hydrogen-bond donors (Lipinski definition) is 0. The second-order valence-electron chi connectivity index (χ2n) is 8.31. The molecule has 0 unspecified atom stereocenters. The van der Waals surface area contributed by atoms with E-state index >= 15 is 0 Å². The number of fused-ring (bicyclic) bond motifs is 4. The number of benzene rings is 3. The SMILES string of the molecule is COc1ccc(/C=C2\Oc3c(ccc4c3[C@@H](c3coc5ccccc5c3=O)CC(=O)O4)C2=O)cc1. The molecule has 1 aromatic heterocycles. The minimum Gasteiger partial charge on any atom is -0.497 e. The van der Waals surface area contributed by atoms with E-state index in [4.69, 9.17) is 18.6 Å². The summed E-state index contributed by atoms with van der Waals surface area (Å²) in [4.78, 5) is 38.9. The fraction of sp³-hybridized carbons (Fsp3) is 0.107. The summed E-state index contributed by atoms with van der Waals surface area (Å²) >= 11 is 0. The molecule has 0 N–H and O–H groups in total. The van der Waals surface area contributed by atoms with Gasteiger partial charge in [0.1, 0.15) is 22.8 Å². The van der Waals surface area contributed by atoms with Crippen molar-refractivity contribution in [2.24, 2.45) is 0 Å². The highest BCUT2D eigenvalue weighted by molar-refractivity contribution is 6.15. The molecule has 35 heavy (non-hydrogen) atoms. The second-order valence-corrected chi connectivity index (χ2v) is 8.31. The van der Waals surface area contributed by atoms with Crippen molar-refractivity contribution in [3.05, 3.63) is 105 Å². The summed E-state index contributed by atoms with van der Waals surface area (Å²) in [5.41, 5.74) is 2.10. The Morgan fingerprint density at radius 2 is 1.74 bits per heavy atom. The summed E-state index contributed by atoms with van der Waals surface area (Å²) in [6.45, 7) is 0. The Morgan fingerprint density at radius 1 is 0.943 bits per heavy atom. The van der Waals surface area contributed by atoms with E-state index in [9.17, 15) is 14.4 Å². The number of ketones is 1. The Morgan fingerprint density at radius 3 is 2.54 bits per heavy atom. The quantitative estimate of drug-likeness (QED) is 0.242. The molecular weight excluding hydrogens is 448 g/mol. The van der Waals surface area contributed by atoms with Gasteiger partial charge in [-0.2, -0.15) is 0 Å². The van der Waals surface area contributed by atoms with Crippen LogP contribution in [0, 0.1) is 0 Å². The number of para-hydroxylation sites is 1. The van der Waals surface area contributed by atoms with Gasteiger partial charge in [-0.05, 0) is 48.0 Å². The van der Waals surface area contributed by atoms with Crippen molar-refractivity contribution in [1.29, 1.82) is 0 Å². The van der Waals surface area contributed by atoms with Gasteiger partial charge in [0.2, 0.25) is 5.78 Å². The van der Waals surface area contributed by atoms with E-state index in [1.807, 2.05) is 12.1 Å². The van der Waals surface area contributed by atoms with Crippen molar-refractivity contribution in [1.82, 2.24) is 0 Å². The van der Waals surface area contributed by atoms with E-state index in [0.717, 1.165) is 5.56 Å². The zero-order valence-corrected chi connectivity index (χ0v) is 18.6. The Bertz CT molecular complexity index is 1610. The Labute approximate surface area is 199 Å². The Kier molecular flexibility index (Phi) is 4.77. The summed E-state index contributed by atoms with van der Waals surface area (Å²) in [6.07, 6.45) is 2.94. The topological polar surface area (TPSA) is 92.0 Å². The van der Waals surface area contributed by atoms with E-state index in [1.54, 1.807) is 61.7 Å². The van der Waals surface area contributed by atoms with Crippen LogP contribution in [0.3, 0.4) is 0 Å². The molecule has 2 aliphatic heterocycles. The summed E-state index contributed by atoms with van der Waals surface area (Å²) in [5, 5.41) is 0.412. The smallest absolute Gasteiger partial charge is 0.312 e. The van der Waals surface area contributed by atoms with Crippen molar-refractivity contribution in [3.63, 3.8) is 0 Å². The predicted octanol–water partition coefficient (Wildman–Crippen LogP) is 4.86. The molecule has 0 aliphatic carbocycles. The molecule has 0 saturated heterocycles. The number of methoxy groups -OCH3 is 1. The molecule has 4 aromatic rings. The lowest BCUT2D eigenvalue weighted by Gasteiger charge is -2.25. The minimum absolute atomic E-state index is 0.0817. The average molecular weight is 466 g/mol. The fourth-order valence-electron chi connectivity index (χ4n) is 4.56. The van der Waals surface area contributed by atoms with Crippen LogP contribution in [0.15, 0.2) is 81.9 Å². The zero-order chi connectivity index (χ0) is 24.1. The lowest BCUT2D eigenvalue weighted by atomic mass is 9.85. The van der Waals surface area contributed by atoms with Gasteiger partial charge in [-0.15, -0.1) is 0 Å². The molecule has 0 radical (unpaired) electrons. The molecule has 1 atom stereocenters. The molecule has 3 heterocycles. The third-order valence-electron chi connectivity index (χ3n) is 6.28. The first-order valence-corrected chi connectivity index (χ1v) is 11.0. The molecule has 7 heteroatoms. The number of Topliss-reactive ketones (excluding diaryl/α,β-unsaturated/α-hetero) is 1. The van der Waals surface area contributed by atoms with Gasteiger partial charge < -0.3 is 18.6 Å². The first-order chi connectivity index (χ1) is 17.0. The maximum atomic E-state index is 13.3. The van der Waals surface area contributed by atoms with E-state index in [-0.39, 0.29) is 34.9 Å². The van der Waals surface area contributed by atoms with Gasteiger partial charge in [-0.3, -0.25) is 14.4 Å². The van der Waals surface area contributed by atoms with E-state index < -0.39 is 11.9 Å². The highest BCUT2D eigenvalue weighted by Gasteiger charge is 2.39. The number of rotatable bonds is 3. The van der Waals surface area contributed by atoms with E-state index in [1.165, 1.54) is 6.26 Å². The summed E-state index contributed by atoms with van der Waals surface area (Å²) in [6, 6.07) is 17.3. The minimum atomic E-state index is -0.685. The molecule has 6 rings (SSSR count). The molecule has 2 aliphatic rings. The van der Waals surface area contributed by atoms with Crippen LogP contribution in [0.5, 0.6) is 17.2 Å². The summed E-state index contributed by atoms with van der Waals surface area (Å²) in [7, 11) is 1.58. The molecule has 3 aromatic carbocycles. The molecule has 172 valence electrons. The van der Waals surface area contributed by atoms with Gasteiger partial charge >= 0.3 is 5.97 Å². The van der Waals surface area contributed by atoms with Gasteiger partial charge in [0.25, 0.3) is 0 Å². The van der Waals surface area contributed by atoms with Gasteiger partial charge in [-0.25, -0.2) is 0 Å². The predicted molar refractivity (Wildman–Crippen MR) is 127 cm³/mol. The van der Waals surface area contributed by atoms with Crippen LogP contribution in [0.2, 0.25) is 0 Å². The van der Waals surface area contributed by atoms with Crippen LogP contribution in [0.25, 0.3) is 17.0 Å². The van der Waals surface area contributed by atoms with Crippen LogP contribution < -0.4 is 19.6 Å². The van der Waals surface area contributed by atoms with Gasteiger partial charge in [-0.1, -0.05) is 24.3 Å². The van der Waals surface area contributed by atoms with Gasteiger partial charge in [0.05, 0.1) is 30.7 Å². The molecule has 7 nitrogen and oxygen atoms in total. The van der Waals surface area contributed by atoms with Crippen LogP contribution >= 0.6 is 0 Å². The highest BCUT2D eigenvalue weighted by atomic mass is 16.5. The highest BCUT2D eigenvalue weighted by Crippen LogP contribution is 2.48. The van der Waals surface area contributed by atoms with Gasteiger partial charge in [0.15, 0.2) is 11.2 Å². The monoisotopic (exact) mass is 466 g/mol. The number of carbonyl (C=O) groups excluding carboxylic acids is 2. The van der Waals surface area contributed by atoms with Gasteiger partial charge in [0, 0.05) is 17.0 Å². The molecular formula is C28H18O7. The molecule has 0 spiro atoms. The molecule has 0 fully saturated rings. The van der Waals surface area contributed by atoms with Crippen molar-refractivity contribution in [2.75, 3.05) is 7.11 Å². The largest absolute Gasteiger partial charge is 0.497 e. The maximum absolute atomic E-state index is 13.3. The Balaban J connectivity index is 1.47. The first kappa shape index (κ1) is 20.9. The summed E-state index contributed by atoms with van der Waals surface area (Å²) < 4.78 is 22.4. The number of allylic oxidation sites excluding steroid dienone is 1. The van der Waals surface area contributed by atoms with Crippen LogP contribution in [0.1, 0.15) is 39.4 Å². The van der Waals surface area contributed by atoms with Crippen LogP contribution in [0.4, 0.5) is 0 Å². The fourth-order valence-corrected chi connectivity index (χ4v) is 4.56. The average Bonchev–Trinajstić information content (AvgIpc) is 3.19. The lowest BCUT2D eigenvalue weighted by Crippen LogP contribution is -2.25. The number of carbonyl (C=O) groups is 2. The second kappa shape index (κ2) is 7.99. The van der Waals surface area contributed by atoms with Crippen molar-refractivity contribution >= 4 is 28.8 Å². The normalized spacial score (nSPS) is 17.6. The van der Waals surface area contributed by atoms with Crippen LogP contribution in [-0.4, -0.2) is 18.9 Å².